The van der Waals surface area contributed by atoms with Gasteiger partial charge in [-0.1, -0.05) is 45.3 Å². The molecule has 0 radical (unpaired) electrons. The average Bonchev–Trinajstić information content (AvgIpc) is 2.47. The topological polar surface area (TPSA) is 26.0 Å². The lowest BCUT2D eigenvalue weighted by molar-refractivity contribution is 0.282. The lowest BCUT2D eigenvalue weighted by Crippen LogP contribution is -2.38. The molecule has 0 aromatic rings. The summed E-state index contributed by atoms with van der Waals surface area (Å²) in [5.74, 6) is 2.08. The lowest BCUT2D eigenvalue weighted by Gasteiger charge is -2.29. The summed E-state index contributed by atoms with van der Waals surface area (Å²) in [5.41, 5.74) is 7.88. The number of nitrogens with two attached hydrogens (primary N) is 1. The molecule has 1 unspecified atom stereocenters. The van der Waals surface area contributed by atoms with E-state index in [-0.39, 0.29) is 0 Å². The van der Waals surface area contributed by atoms with Crippen LogP contribution in [0.1, 0.15) is 47.0 Å². The van der Waals surface area contributed by atoms with Crippen molar-refractivity contribution >= 4 is 0 Å². The van der Waals surface area contributed by atoms with Crippen LogP contribution in [0.25, 0.3) is 0 Å². The Kier molecular flexibility index (Phi) is 4.18. The van der Waals surface area contributed by atoms with Crippen LogP contribution >= 0.6 is 0 Å². The van der Waals surface area contributed by atoms with Gasteiger partial charge in [0.15, 0.2) is 0 Å². The standard InChI is InChI=1S/C13H25N/c1-5-11(6-2)13(14)12-8-9(3)7-10(12)4/h8,10-13H,5-7,14H2,1-4H3/t10-,12-,13?/m1/s1. The third kappa shape index (κ3) is 2.38. The molecule has 0 aromatic heterocycles. The van der Waals surface area contributed by atoms with E-state index in [9.17, 15) is 0 Å². The van der Waals surface area contributed by atoms with Crippen molar-refractivity contribution in [2.45, 2.75) is 53.0 Å². The van der Waals surface area contributed by atoms with Crippen molar-refractivity contribution in [2.75, 3.05) is 0 Å². The van der Waals surface area contributed by atoms with Crippen molar-refractivity contribution in [2.24, 2.45) is 23.5 Å². The first-order valence-corrected chi connectivity index (χ1v) is 6.03. The largest absolute Gasteiger partial charge is 0.327 e. The Morgan fingerprint density at radius 2 is 2.00 bits per heavy atom. The molecule has 0 spiro atoms. The maximum absolute atomic E-state index is 6.35. The SMILES string of the molecule is CCC(CC)C(N)[C@@H]1C=C(C)C[C@H]1C. The van der Waals surface area contributed by atoms with E-state index in [4.69, 9.17) is 5.73 Å². The molecule has 0 fully saturated rings. The third-order valence-corrected chi connectivity index (χ3v) is 3.82. The summed E-state index contributed by atoms with van der Waals surface area (Å²) in [6.07, 6.45) is 6.09. The molecule has 1 heteroatoms. The van der Waals surface area contributed by atoms with Crippen LogP contribution < -0.4 is 5.73 Å². The molecule has 0 saturated heterocycles. The molecule has 2 N–H and O–H groups in total. The van der Waals surface area contributed by atoms with Gasteiger partial charge in [0.25, 0.3) is 0 Å². The minimum Gasteiger partial charge on any atom is -0.327 e. The minimum absolute atomic E-state index is 0.373. The fourth-order valence-electron chi connectivity index (χ4n) is 2.84. The average molecular weight is 195 g/mol. The van der Waals surface area contributed by atoms with E-state index in [0.29, 0.717) is 17.9 Å². The zero-order chi connectivity index (χ0) is 10.7. The minimum atomic E-state index is 0.373. The van der Waals surface area contributed by atoms with Gasteiger partial charge in [-0.05, 0) is 31.1 Å². The molecule has 1 aliphatic rings. The van der Waals surface area contributed by atoms with Crippen molar-refractivity contribution in [3.8, 4) is 0 Å². The fraction of sp³-hybridized carbons (Fsp3) is 0.846. The van der Waals surface area contributed by atoms with Gasteiger partial charge in [0, 0.05) is 6.04 Å². The van der Waals surface area contributed by atoms with Gasteiger partial charge in [-0.3, -0.25) is 0 Å². The second-order valence-corrected chi connectivity index (χ2v) is 4.93. The van der Waals surface area contributed by atoms with Crippen LogP contribution in [0.3, 0.4) is 0 Å². The molecule has 0 heterocycles. The van der Waals surface area contributed by atoms with Crippen LogP contribution in [-0.2, 0) is 0 Å². The van der Waals surface area contributed by atoms with Gasteiger partial charge in [-0.2, -0.15) is 0 Å². The Morgan fingerprint density at radius 1 is 1.43 bits per heavy atom. The van der Waals surface area contributed by atoms with Crippen LogP contribution in [0.4, 0.5) is 0 Å². The molecule has 0 saturated carbocycles. The summed E-state index contributed by atoms with van der Waals surface area (Å²) < 4.78 is 0. The zero-order valence-electron chi connectivity index (χ0n) is 10.1. The van der Waals surface area contributed by atoms with Crippen LogP contribution in [-0.4, -0.2) is 6.04 Å². The molecule has 0 bridgehead atoms. The van der Waals surface area contributed by atoms with Gasteiger partial charge in [0.05, 0.1) is 0 Å². The summed E-state index contributed by atoms with van der Waals surface area (Å²) in [6, 6.07) is 0.373. The first-order valence-electron chi connectivity index (χ1n) is 6.03. The van der Waals surface area contributed by atoms with Crippen molar-refractivity contribution in [1.29, 1.82) is 0 Å². The quantitative estimate of drug-likeness (QED) is 0.684. The van der Waals surface area contributed by atoms with Gasteiger partial charge < -0.3 is 5.73 Å². The first-order chi connectivity index (χ1) is 6.60. The Labute approximate surface area is 88.8 Å². The summed E-state index contributed by atoms with van der Waals surface area (Å²) in [4.78, 5) is 0. The molecule has 1 nitrogen and oxygen atoms in total. The normalized spacial score (nSPS) is 29.4. The van der Waals surface area contributed by atoms with Gasteiger partial charge >= 0.3 is 0 Å². The highest BCUT2D eigenvalue weighted by atomic mass is 14.7. The predicted octanol–water partition coefficient (Wildman–Crippen LogP) is 3.35. The lowest BCUT2D eigenvalue weighted by atomic mass is 9.81. The number of rotatable bonds is 4. The highest BCUT2D eigenvalue weighted by molar-refractivity contribution is 5.13. The Hall–Kier alpha value is -0.300. The maximum Gasteiger partial charge on any atom is 0.0133 e. The third-order valence-electron chi connectivity index (χ3n) is 3.82. The van der Waals surface area contributed by atoms with Gasteiger partial charge in [0.1, 0.15) is 0 Å². The van der Waals surface area contributed by atoms with E-state index in [2.05, 4.69) is 33.8 Å². The Morgan fingerprint density at radius 3 is 2.36 bits per heavy atom. The van der Waals surface area contributed by atoms with E-state index in [1.165, 1.54) is 24.8 Å². The fourth-order valence-corrected chi connectivity index (χ4v) is 2.84. The summed E-state index contributed by atoms with van der Waals surface area (Å²) in [5, 5.41) is 0. The molecule has 3 atom stereocenters. The smallest absolute Gasteiger partial charge is 0.0133 e. The monoisotopic (exact) mass is 195 g/mol. The second-order valence-electron chi connectivity index (χ2n) is 4.93. The number of hydrogen-bond acceptors (Lipinski definition) is 1. The molecule has 0 aromatic carbocycles. The second kappa shape index (κ2) is 4.97. The van der Waals surface area contributed by atoms with Gasteiger partial charge in [-0.15, -0.1) is 0 Å². The molecule has 1 aliphatic carbocycles. The molecule has 82 valence electrons. The molecular formula is C13H25N. The molecule has 1 rings (SSSR count). The van der Waals surface area contributed by atoms with Crippen molar-refractivity contribution < 1.29 is 0 Å². The maximum atomic E-state index is 6.35. The predicted molar refractivity (Wildman–Crippen MR) is 63.1 cm³/mol. The molecule has 0 amide bonds. The van der Waals surface area contributed by atoms with E-state index in [1.807, 2.05) is 0 Å². The highest BCUT2D eigenvalue weighted by Gasteiger charge is 2.30. The first kappa shape index (κ1) is 11.8. The van der Waals surface area contributed by atoms with E-state index < -0.39 is 0 Å². The highest BCUT2D eigenvalue weighted by Crippen LogP contribution is 2.34. The number of allylic oxidation sites excluding steroid dienone is 1. The van der Waals surface area contributed by atoms with Crippen LogP contribution in [0.2, 0.25) is 0 Å². The molecule has 14 heavy (non-hydrogen) atoms. The summed E-state index contributed by atoms with van der Waals surface area (Å²) >= 11 is 0. The molecular weight excluding hydrogens is 170 g/mol. The summed E-state index contributed by atoms with van der Waals surface area (Å²) in [7, 11) is 0. The van der Waals surface area contributed by atoms with Gasteiger partial charge in [-0.25, -0.2) is 0 Å². The zero-order valence-corrected chi connectivity index (χ0v) is 10.1. The van der Waals surface area contributed by atoms with Crippen LogP contribution in [0.15, 0.2) is 11.6 Å². The van der Waals surface area contributed by atoms with Gasteiger partial charge in [0.2, 0.25) is 0 Å². The van der Waals surface area contributed by atoms with E-state index in [0.717, 1.165) is 5.92 Å². The van der Waals surface area contributed by atoms with Crippen molar-refractivity contribution in [3.05, 3.63) is 11.6 Å². The summed E-state index contributed by atoms with van der Waals surface area (Å²) in [6.45, 7) is 9.07. The Balaban J connectivity index is 2.63. The number of hydrogen-bond donors (Lipinski definition) is 1. The van der Waals surface area contributed by atoms with Crippen molar-refractivity contribution in [3.63, 3.8) is 0 Å². The van der Waals surface area contributed by atoms with Crippen LogP contribution in [0.5, 0.6) is 0 Å². The van der Waals surface area contributed by atoms with E-state index in [1.54, 1.807) is 0 Å². The molecule has 0 aliphatic heterocycles. The van der Waals surface area contributed by atoms with Crippen LogP contribution in [0, 0.1) is 17.8 Å². The Bertz CT molecular complexity index is 203. The van der Waals surface area contributed by atoms with E-state index >= 15 is 0 Å². The van der Waals surface area contributed by atoms with Crippen molar-refractivity contribution in [1.82, 2.24) is 0 Å².